The minimum atomic E-state index is -3.73. The molecule has 0 aromatic heterocycles. The molecule has 0 fully saturated rings. The second kappa shape index (κ2) is 10.4. The first-order valence-corrected chi connectivity index (χ1v) is 10.4. The number of halogens is 1. The zero-order valence-corrected chi connectivity index (χ0v) is 17.2. The van der Waals surface area contributed by atoms with Crippen LogP contribution in [-0.4, -0.2) is 40.7 Å². The summed E-state index contributed by atoms with van der Waals surface area (Å²) in [6.07, 6.45) is 0. The number of sulfonamides is 1. The quantitative estimate of drug-likeness (QED) is 0.608. The van der Waals surface area contributed by atoms with Crippen molar-refractivity contribution in [1.29, 1.82) is 0 Å². The first kappa shape index (κ1) is 22.2. The molecule has 1 amide bonds. The van der Waals surface area contributed by atoms with Gasteiger partial charge in [0, 0.05) is 19.7 Å². The molecule has 0 spiro atoms. The molecule has 9 heteroatoms. The Morgan fingerprint density at radius 2 is 1.89 bits per heavy atom. The van der Waals surface area contributed by atoms with Gasteiger partial charge in [0.25, 0.3) is 5.91 Å². The maximum absolute atomic E-state index is 12.4. The molecule has 1 atom stereocenters. The summed E-state index contributed by atoms with van der Waals surface area (Å²) in [5, 5.41) is 2.80. The van der Waals surface area contributed by atoms with Crippen LogP contribution in [0.15, 0.2) is 53.4 Å². The zero-order chi connectivity index (χ0) is 20.6. The summed E-state index contributed by atoms with van der Waals surface area (Å²) >= 11 is 6.12. The van der Waals surface area contributed by atoms with E-state index in [1.165, 1.54) is 18.2 Å². The lowest BCUT2D eigenvalue weighted by Crippen LogP contribution is -2.38. The normalized spacial score (nSPS) is 12.4. The van der Waals surface area contributed by atoms with Crippen molar-refractivity contribution in [2.24, 2.45) is 0 Å². The third-order valence-corrected chi connectivity index (χ3v) is 5.40. The van der Waals surface area contributed by atoms with Crippen LogP contribution in [0, 0.1) is 0 Å². The van der Waals surface area contributed by atoms with E-state index in [-0.39, 0.29) is 40.8 Å². The number of hydrogen-bond donors (Lipinski definition) is 2. The lowest BCUT2D eigenvalue weighted by Gasteiger charge is -2.14. The summed E-state index contributed by atoms with van der Waals surface area (Å²) in [5.41, 5.74) is 0.839. The highest BCUT2D eigenvalue weighted by Gasteiger charge is 2.16. The molecule has 0 saturated heterocycles. The number of nitrogens with one attached hydrogen (secondary N) is 2. The van der Waals surface area contributed by atoms with Crippen molar-refractivity contribution in [3.05, 3.63) is 59.1 Å². The van der Waals surface area contributed by atoms with E-state index in [1.807, 2.05) is 30.3 Å². The second-order valence-corrected chi connectivity index (χ2v) is 8.29. The first-order valence-electron chi connectivity index (χ1n) is 8.56. The van der Waals surface area contributed by atoms with Crippen molar-refractivity contribution in [3.8, 4) is 5.75 Å². The molecule has 7 nitrogen and oxygen atoms in total. The van der Waals surface area contributed by atoms with Gasteiger partial charge in [0.15, 0.2) is 6.61 Å². The van der Waals surface area contributed by atoms with Gasteiger partial charge in [0.2, 0.25) is 10.0 Å². The Labute approximate surface area is 170 Å². The van der Waals surface area contributed by atoms with Gasteiger partial charge in [-0.3, -0.25) is 4.79 Å². The molecular weight excluding hydrogens is 404 g/mol. The van der Waals surface area contributed by atoms with Gasteiger partial charge >= 0.3 is 0 Å². The Bertz CT molecular complexity index is 890. The number of amides is 1. The molecule has 0 heterocycles. The van der Waals surface area contributed by atoms with Crippen molar-refractivity contribution in [2.45, 2.75) is 24.4 Å². The van der Waals surface area contributed by atoms with Gasteiger partial charge in [-0.05, 0) is 30.7 Å². The molecule has 0 aliphatic carbocycles. The molecule has 2 rings (SSSR count). The predicted octanol–water partition coefficient (Wildman–Crippen LogP) is 2.35. The third kappa shape index (κ3) is 6.79. The third-order valence-electron chi connectivity index (χ3n) is 3.71. The Hall–Kier alpha value is -2.13. The highest BCUT2D eigenvalue weighted by atomic mass is 35.5. The van der Waals surface area contributed by atoms with Crippen molar-refractivity contribution in [3.63, 3.8) is 0 Å². The lowest BCUT2D eigenvalue weighted by atomic mass is 10.2. The van der Waals surface area contributed by atoms with Crippen molar-refractivity contribution < 1.29 is 22.7 Å². The minimum absolute atomic E-state index is 0.0129. The molecule has 0 bridgehead atoms. The monoisotopic (exact) mass is 426 g/mol. The van der Waals surface area contributed by atoms with Gasteiger partial charge < -0.3 is 14.8 Å². The SMILES string of the molecule is COC[C@H](C)NC(=O)COc1ccc(S(=O)(=O)NCc2ccccc2)cc1Cl. The maximum atomic E-state index is 12.4. The molecule has 2 aromatic carbocycles. The molecule has 2 aromatic rings. The van der Waals surface area contributed by atoms with Crippen LogP contribution in [0.5, 0.6) is 5.75 Å². The summed E-state index contributed by atoms with van der Waals surface area (Å²) in [6.45, 7) is 2.11. The van der Waals surface area contributed by atoms with Gasteiger partial charge in [-0.1, -0.05) is 41.9 Å². The van der Waals surface area contributed by atoms with Gasteiger partial charge in [0.05, 0.1) is 16.5 Å². The summed E-state index contributed by atoms with van der Waals surface area (Å²) < 4.78 is 37.7. The van der Waals surface area contributed by atoms with Crippen LogP contribution in [-0.2, 0) is 26.1 Å². The number of rotatable bonds is 10. The van der Waals surface area contributed by atoms with E-state index in [1.54, 1.807) is 14.0 Å². The van der Waals surface area contributed by atoms with Crippen LogP contribution < -0.4 is 14.8 Å². The van der Waals surface area contributed by atoms with E-state index < -0.39 is 10.0 Å². The largest absolute Gasteiger partial charge is 0.482 e. The fourth-order valence-corrected chi connectivity index (χ4v) is 3.72. The molecule has 0 saturated carbocycles. The lowest BCUT2D eigenvalue weighted by molar-refractivity contribution is -0.124. The van der Waals surface area contributed by atoms with Gasteiger partial charge in [-0.15, -0.1) is 0 Å². The van der Waals surface area contributed by atoms with Gasteiger partial charge in [-0.25, -0.2) is 13.1 Å². The summed E-state index contributed by atoms with van der Waals surface area (Å²) in [6, 6.07) is 13.1. The number of methoxy groups -OCH3 is 1. The maximum Gasteiger partial charge on any atom is 0.258 e. The summed E-state index contributed by atoms with van der Waals surface area (Å²) in [7, 11) is -2.19. The molecule has 0 aliphatic heterocycles. The minimum Gasteiger partial charge on any atom is -0.482 e. The van der Waals surface area contributed by atoms with E-state index in [4.69, 9.17) is 21.1 Å². The van der Waals surface area contributed by atoms with Crippen LogP contribution in [0.1, 0.15) is 12.5 Å². The van der Waals surface area contributed by atoms with Crippen LogP contribution in [0.4, 0.5) is 0 Å². The fraction of sp³-hybridized carbons (Fsp3) is 0.316. The summed E-state index contributed by atoms with van der Waals surface area (Å²) in [4.78, 5) is 11.8. The number of carbonyl (C=O) groups excluding carboxylic acids is 1. The Morgan fingerprint density at radius 1 is 1.18 bits per heavy atom. The van der Waals surface area contributed by atoms with Crippen LogP contribution in [0.25, 0.3) is 0 Å². The Balaban J connectivity index is 1.96. The molecule has 28 heavy (non-hydrogen) atoms. The van der Waals surface area contributed by atoms with E-state index in [9.17, 15) is 13.2 Å². The standard InChI is InChI=1S/C19H23ClN2O5S/c1-14(12-26-2)22-19(23)13-27-18-9-8-16(10-17(18)20)28(24,25)21-11-15-6-4-3-5-7-15/h3-10,14,21H,11-13H2,1-2H3,(H,22,23)/t14-/m0/s1. The van der Waals surface area contributed by atoms with Crippen molar-refractivity contribution in [1.82, 2.24) is 10.0 Å². The first-order chi connectivity index (χ1) is 13.3. The van der Waals surface area contributed by atoms with E-state index >= 15 is 0 Å². The van der Waals surface area contributed by atoms with Gasteiger partial charge in [-0.2, -0.15) is 0 Å². The van der Waals surface area contributed by atoms with E-state index in [0.29, 0.717) is 6.61 Å². The number of benzene rings is 2. The topological polar surface area (TPSA) is 93.7 Å². The molecule has 0 aliphatic rings. The number of hydrogen-bond acceptors (Lipinski definition) is 5. The predicted molar refractivity (Wildman–Crippen MR) is 107 cm³/mol. The molecule has 0 unspecified atom stereocenters. The second-order valence-electron chi connectivity index (χ2n) is 6.11. The van der Waals surface area contributed by atoms with Crippen LogP contribution >= 0.6 is 11.6 Å². The van der Waals surface area contributed by atoms with E-state index in [2.05, 4.69) is 10.0 Å². The molecule has 2 N–H and O–H groups in total. The highest BCUT2D eigenvalue weighted by Crippen LogP contribution is 2.27. The molecular formula is C19H23ClN2O5S. The summed E-state index contributed by atoms with van der Waals surface area (Å²) in [5.74, 6) is -0.111. The number of carbonyl (C=O) groups is 1. The van der Waals surface area contributed by atoms with Gasteiger partial charge in [0.1, 0.15) is 5.75 Å². The number of ether oxygens (including phenoxy) is 2. The molecule has 0 radical (unpaired) electrons. The fourth-order valence-electron chi connectivity index (χ4n) is 2.37. The average Bonchev–Trinajstić information content (AvgIpc) is 2.66. The van der Waals surface area contributed by atoms with E-state index in [0.717, 1.165) is 5.56 Å². The highest BCUT2D eigenvalue weighted by molar-refractivity contribution is 7.89. The Kier molecular flexibility index (Phi) is 8.25. The van der Waals surface area contributed by atoms with Crippen molar-refractivity contribution >= 4 is 27.5 Å². The van der Waals surface area contributed by atoms with Crippen LogP contribution in [0.2, 0.25) is 5.02 Å². The van der Waals surface area contributed by atoms with Crippen LogP contribution in [0.3, 0.4) is 0 Å². The Morgan fingerprint density at radius 3 is 2.54 bits per heavy atom. The molecule has 152 valence electrons. The smallest absolute Gasteiger partial charge is 0.258 e. The zero-order valence-electron chi connectivity index (χ0n) is 15.6. The average molecular weight is 427 g/mol. The van der Waals surface area contributed by atoms with Crippen molar-refractivity contribution in [2.75, 3.05) is 20.3 Å².